The standard InChI is InChI=1S/C16H19N3O2S/c1-12-2-3-14(17-7-12)6-13-8-19(4-5-21-9-13)16(20)15-10-22-11-18-15/h2-3,7,10-11,13H,4-6,8-9H2,1H3. The van der Waals surface area contributed by atoms with Crippen molar-refractivity contribution in [2.24, 2.45) is 5.92 Å². The fraction of sp³-hybridized carbons (Fsp3) is 0.438. The van der Waals surface area contributed by atoms with Crippen LogP contribution in [0.1, 0.15) is 21.7 Å². The number of amides is 1. The predicted octanol–water partition coefficient (Wildman–Crippen LogP) is 2.18. The number of hydrogen-bond donors (Lipinski definition) is 0. The summed E-state index contributed by atoms with van der Waals surface area (Å²) in [6, 6.07) is 4.12. The molecule has 2 aromatic rings. The van der Waals surface area contributed by atoms with Gasteiger partial charge < -0.3 is 9.64 Å². The van der Waals surface area contributed by atoms with Crippen LogP contribution in [0, 0.1) is 12.8 Å². The molecule has 0 bridgehead atoms. The number of aromatic nitrogens is 2. The predicted molar refractivity (Wildman–Crippen MR) is 85.0 cm³/mol. The van der Waals surface area contributed by atoms with Crippen LogP contribution in [0.3, 0.4) is 0 Å². The van der Waals surface area contributed by atoms with Gasteiger partial charge in [0.05, 0.1) is 18.7 Å². The SMILES string of the molecule is Cc1ccc(CC2COCCN(C(=O)c3cscn3)C2)nc1. The van der Waals surface area contributed by atoms with E-state index >= 15 is 0 Å². The maximum Gasteiger partial charge on any atom is 0.273 e. The second-order valence-corrected chi connectivity index (χ2v) is 6.32. The molecule has 0 saturated carbocycles. The first-order valence-electron chi connectivity index (χ1n) is 7.39. The first kappa shape index (κ1) is 15.1. The van der Waals surface area contributed by atoms with E-state index in [0.717, 1.165) is 17.7 Å². The summed E-state index contributed by atoms with van der Waals surface area (Å²) in [5.41, 5.74) is 4.41. The highest BCUT2D eigenvalue weighted by Crippen LogP contribution is 2.15. The summed E-state index contributed by atoms with van der Waals surface area (Å²) >= 11 is 1.44. The molecule has 1 unspecified atom stereocenters. The Labute approximate surface area is 134 Å². The minimum absolute atomic E-state index is 0.00591. The van der Waals surface area contributed by atoms with Gasteiger partial charge in [0.25, 0.3) is 5.91 Å². The molecule has 1 saturated heterocycles. The van der Waals surface area contributed by atoms with Crippen molar-refractivity contribution in [2.45, 2.75) is 13.3 Å². The lowest BCUT2D eigenvalue weighted by molar-refractivity contribution is 0.0732. The van der Waals surface area contributed by atoms with Crippen LogP contribution in [0.2, 0.25) is 0 Å². The van der Waals surface area contributed by atoms with Gasteiger partial charge in [0.1, 0.15) is 5.69 Å². The summed E-state index contributed by atoms with van der Waals surface area (Å²) in [6.45, 7) is 4.57. The van der Waals surface area contributed by atoms with Crippen LogP contribution in [0.15, 0.2) is 29.2 Å². The molecule has 3 heterocycles. The molecule has 116 valence electrons. The Hall–Kier alpha value is -1.79. The van der Waals surface area contributed by atoms with Gasteiger partial charge >= 0.3 is 0 Å². The Morgan fingerprint density at radius 2 is 2.36 bits per heavy atom. The van der Waals surface area contributed by atoms with E-state index in [2.05, 4.69) is 16.0 Å². The Kier molecular flexibility index (Phi) is 4.80. The number of carbonyl (C=O) groups excluding carboxylic acids is 1. The van der Waals surface area contributed by atoms with E-state index in [9.17, 15) is 4.79 Å². The molecule has 6 heteroatoms. The number of rotatable bonds is 3. The molecule has 1 fully saturated rings. The Balaban J connectivity index is 1.67. The smallest absolute Gasteiger partial charge is 0.273 e. The normalized spacial score (nSPS) is 19.0. The van der Waals surface area contributed by atoms with E-state index in [1.807, 2.05) is 24.1 Å². The van der Waals surface area contributed by atoms with Gasteiger partial charge in [0.15, 0.2) is 0 Å². The molecule has 0 aliphatic carbocycles. The molecule has 1 atom stereocenters. The monoisotopic (exact) mass is 317 g/mol. The van der Waals surface area contributed by atoms with Gasteiger partial charge in [-0.1, -0.05) is 6.07 Å². The number of nitrogens with zero attached hydrogens (tertiary/aromatic N) is 3. The summed E-state index contributed by atoms with van der Waals surface area (Å²) in [5, 5.41) is 1.80. The first-order valence-corrected chi connectivity index (χ1v) is 8.33. The molecule has 1 aliphatic rings. The summed E-state index contributed by atoms with van der Waals surface area (Å²) in [7, 11) is 0. The quantitative estimate of drug-likeness (QED) is 0.871. The molecule has 1 aliphatic heterocycles. The van der Waals surface area contributed by atoms with Gasteiger partial charge in [0.2, 0.25) is 0 Å². The molecule has 3 rings (SSSR count). The maximum absolute atomic E-state index is 12.5. The number of hydrogen-bond acceptors (Lipinski definition) is 5. The molecule has 2 aromatic heterocycles. The van der Waals surface area contributed by atoms with Crippen molar-refractivity contribution < 1.29 is 9.53 Å². The van der Waals surface area contributed by atoms with Gasteiger partial charge in [-0.05, 0) is 25.0 Å². The number of pyridine rings is 1. The van der Waals surface area contributed by atoms with Crippen LogP contribution in [0.4, 0.5) is 0 Å². The zero-order chi connectivity index (χ0) is 15.4. The fourth-order valence-electron chi connectivity index (χ4n) is 2.58. The van der Waals surface area contributed by atoms with Crippen molar-refractivity contribution in [3.63, 3.8) is 0 Å². The molecule has 0 aromatic carbocycles. The molecule has 22 heavy (non-hydrogen) atoms. The van der Waals surface area contributed by atoms with Crippen LogP contribution in [-0.4, -0.2) is 47.1 Å². The van der Waals surface area contributed by atoms with E-state index < -0.39 is 0 Å². The summed E-state index contributed by atoms with van der Waals surface area (Å²) < 4.78 is 5.66. The third-order valence-electron chi connectivity index (χ3n) is 3.75. The second kappa shape index (κ2) is 6.98. The van der Waals surface area contributed by atoms with Gasteiger partial charge in [-0.15, -0.1) is 11.3 Å². The van der Waals surface area contributed by atoms with Crippen molar-refractivity contribution in [3.8, 4) is 0 Å². The third kappa shape index (κ3) is 3.69. The van der Waals surface area contributed by atoms with Gasteiger partial charge in [0, 0.05) is 36.3 Å². The lowest BCUT2D eigenvalue weighted by Crippen LogP contribution is -2.36. The van der Waals surface area contributed by atoms with Gasteiger partial charge in [-0.3, -0.25) is 9.78 Å². The van der Waals surface area contributed by atoms with Crippen LogP contribution in [-0.2, 0) is 11.2 Å². The summed E-state index contributed by atoms with van der Waals surface area (Å²) in [4.78, 5) is 22.9. The van der Waals surface area contributed by atoms with Crippen molar-refractivity contribution in [3.05, 3.63) is 46.2 Å². The van der Waals surface area contributed by atoms with Crippen molar-refractivity contribution in [1.82, 2.24) is 14.9 Å². The summed E-state index contributed by atoms with van der Waals surface area (Å²) in [6.07, 6.45) is 2.70. The molecule has 0 spiro atoms. The zero-order valence-electron chi connectivity index (χ0n) is 12.6. The van der Waals surface area contributed by atoms with Gasteiger partial charge in [-0.2, -0.15) is 0 Å². The third-order valence-corrected chi connectivity index (χ3v) is 4.33. The molecular weight excluding hydrogens is 298 g/mol. The fourth-order valence-corrected chi connectivity index (χ4v) is 3.11. The highest BCUT2D eigenvalue weighted by atomic mass is 32.1. The number of ether oxygens (including phenoxy) is 1. The Morgan fingerprint density at radius 1 is 1.45 bits per heavy atom. The molecular formula is C16H19N3O2S. The van der Waals surface area contributed by atoms with Crippen molar-refractivity contribution in [2.75, 3.05) is 26.3 Å². The average Bonchev–Trinajstić information content (AvgIpc) is 2.96. The van der Waals surface area contributed by atoms with Crippen LogP contribution < -0.4 is 0 Å². The van der Waals surface area contributed by atoms with E-state index in [1.165, 1.54) is 11.3 Å². The van der Waals surface area contributed by atoms with Crippen LogP contribution in [0.5, 0.6) is 0 Å². The van der Waals surface area contributed by atoms with Gasteiger partial charge in [-0.25, -0.2) is 4.98 Å². The Morgan fingerprint density at radius 3 is 3.09 bits per heavy atom. The minimum atomic E-state index is -0.00591. The molecule has 1 amide bonds. The van der Waals surface area contributed by atoms with E-state index in [1.54, 1.807) is 10.9 Å². The number of aryl methyl sites for hydroxylation is 1. The van der Waals surface area contributed by atoms with E-state index in [0.29, 0.717) is 32.0 Å². The number of carbonyl (C=O) groups is 1. The highest BCUT2D eigenvalue weighted by molar-refractivity contribution is 7.07. The maximum atomic E-state index is 12.5. The minimum Gasteiger partial charge on any atom is -0.379 e. The first-order chi connectivity index (χ1) is 10.7. The van der Waals surface area contributed by atoms with E-state index in [-0.39, 0.29) is 11.8 Å². The molecule has 0 N–H and O–H groups in total. The Bertz CT molecular complexity index is 613. The number of thiazole rings is 1. The summed E-state index contributed by atoms with van der Waals surface area (Å²) in [5.74, 6) is 0.258. The van der Waals surface area contributed by atoms with Crippen molar-refractivity contribution >= 4 is 17.2 Å². The lowest BCUT2D eigenvalue weighted by atomic mass is 10.0. The zero-order valence-corrected chi connectivity index (χ0v) is 13.4. The lowest BCUT2D eigenvalue weighted by Gasteiger charge is -2.22. The van der Waals surface area contributed by atoms with E-state index in [4.69, 9.17) is 4.74 Å². The molecule has 5 nitrogen and oxygen atoms in total. The highest BCUT2D eigenvalue weighted by Gasteiger charge is 2.24. The average molecular weight is 317 g/mol. The van der Waals surface area contributed by atoms with Crippen LogP contribution >= 0.6 is 11.3 Å². The van der Waals surface area contributed by atoms with Crippen molar-refractivity contribution in [1.29, 1.82) is 0 Å². The topological polar surface area (TPSA) is 55.3 Å². The largest absolute Gasteiger partial charge is 0.379 e. The molecule has 0 radical (unpaired) electrons. The second-order valence-electron chi connectivity index (χ2n) is 5.60. The van der Waals surface area contributed by atoms with Crippen LogP contribution in [0.25, 0.3) is 0 Å².